The number of hydrogen-bond donors (Lipinski definition) is 0. The second-order valence-electron chi connectivity index (χ2n) is 5.91. The topological polar surface area (TPSA) is 20.1 Å². The maximum Gasteiger partial charge on any atom is 0.151 e. The number of ketones is 1. The summed E-state index contributed by atoms with van der Waals surface area (Å²) < 4.78 is 0. The molecule has 0 aromatic heterocycles. The molecule has 3 atom stereocenters. The molecule has 1 aromatic rings. The van der Waals surface area contributed by atoms with Crippen molar-refractivity contribution in [2.24, 2.45) is 5.92 Å². The Labute approximate surface area is 116 Å². The van der Waals surface area contributed by atoms with E-state index >= 15 is 0 Å². The van der Waals surface area contributed by atoms with Crippen LogP contribution < -0.4 is 0 Å². The zero-order valence-electron chi connectivity index (χ0n) is 12.3. The molecule has 0 radical (unpaired) electrons. The van der Waals surface area contributed by atoms with Crippen LogP contribution in [0.2, 0.25) is 0 Å². The molecule has 1 fully saturated rings. The molecule has 104 valence electrons. The van der Waals surface area contributed by atoms with Crippen LogP contribution in [0.3, 0.4) is 0 Å². The summed E-state index contributed by atoms with van der Waals surface area (Å²) in [5.41, 5.74) is 1.30. The van der Waals surface area contributed by atoms with Crippen molar-refractivity contribution in [3.63, 3.8) is 0 Å². The summed E-state index contributed by atoms with van der Waals surface area (Å²) in [7, 11) is 0. The second kappa shape index (κ2) is 6.33. The highest BCUT2D eigenvalue weighted by Crippen LogP contribution is 2.37. The van der Waals surface area contributed by atoms with Crippen molar-refractivity contribution in [3.05, 3.63) is 35.9 Å². The maximum atomic E-state index is 12.2. The fourth-order valence-electron chi connectivity index (χ4n) is 2.92. The number of nitrogens with zero attached hydrogens (tertiary/aromatic N) is 1. The van der Waals surface area contributed by atoms with Gasteiger partial charge in [0.05, 0.1) is 6.04 Å². The van der Waals surface area contributed by atoms with Gasteiger partial charge >= 0.3 is 0 Å². The number of hydrogen-bond acceptors (Lipinski definition) is 2. The van der Waals surface area contributed by atoms with E-state index in [1.54, 1.807) is 0 Å². The lowest BCUT2D eigenvalue weighted by Crippen LogP contribution is -2.13. The summed E-state index contributed by atoms with van der Waals surface area (Å²) in [5, 5.41) is 0. The fraction of sp³-hybridized carbons (Fsp3) is 0.588. The summed E-state index contributed by atoms with van der Waals surface area (Å²) in [6, 6.07) is 11.1. The first-order valence-electron chi connectivity index (χ1n) is 7.47. The molecule has 1 saturated heterocycles. The highest BCUT2D eigenvalue weighted by Gasteiger charge is 2.52. The number of carbonyl (C=O) groups excluding carboxylic acids is 1. The molecule has 1 heterocycles. The van der Waals surface area contributed by atoms with Crippen LogP contribution in [-0.2, 0) is 11.3 Å². The van der Waals surface area contributed by atoms with Crippen molar-refractivity contribution in [2.45, 2.75) is 58.7 Å². The molecular formula is C17H25NO. The Morgan fingerprint density at radius 1 is 1.26 bits per heavy atom. The van der Waals surface area contributed by atoms with Crippen LogP contribution in [0.4, 0.5) is 0 Å². The van der Waals surface area contributed by atoms with E-state index in [1.165, 1.54) is 5.56 Å². The number of benzene rings is 1. The lowest BCUT2D eigenvalue weighted by molar-refractivity contribution is -0.119. The van der Waals surface area contributed by atoms with Gasteiger partial charge in [0.2, 0.25) is 0 Å². The van der Waals surface area contributed by atoms with E-state index in [2.05, 4.69) is 49.9 Å². The van der Waals surface area contributed by atoms with E-state index in [4.69, 9.17) is 0 Å². The Kier molecular flexibility index (Phi) is 4.76. The van der Waals surface area contributed by atoms with Crippen molar-refractivity contribution in [3.8, 4) is 0 Å². The van der Waals surface area contributed by atoms with Crippen LogP contribution in [0.15, 0.2) is 30.3 Å². The van der Waals surface area contributed by atoms with Crippen molar-refractivity contribution in [1.82, 2.24) is 4.90 Å². The minimum absolute atomic E-state index is 0.173. The van der Waals surface area contributed by atoms with Gasteiger partial charge in [-0.15, -0.1) is 0 Å². The quantitative estimate of drug-likeness (QED) is 0.696. The normalized spacial score (nSPS) is 25.6. The summed E-state index contributed by atoms with van der Waals surface area (Å²) >= 11 is 0. The maximum absolute atomic E-state index is 12.2. The molecule has 2 rings (SSSR count). The number of rotatable bonds is 7. The zero-order valence-corrected chi connectivity index (χ0v) is 12.3. The SMILES string of the molecule is CCCCC(=O)[C@@H]1[C@H](C(C)C)N1Cc1ccccc1. The highest BCUT2D eigenvalue weighted by atomic mass is 16.1. The van der Waals surface area contributed by atoms with Crippen LogP contribution >= 0.6 is 0 Å². The molecule has 1 aromatic carbocycles. The summed E-state index contributed by atoms with van der Waals surface area (Å²) in [6.07, 6.45) is 2.87. The Morgan fingerprint density at radius 3 is 2.53 bits per heavy atom. The largest absolute Gasteiger partial charge is 0.298 e. The lowest BCUT2D eigenvalue weighted by Gasteiger charge is -2.05. The van der Waals surface area contributed by atoms with Gasteiger partial charge in [-0.25, -0.2) is 0 Å². The smallest absolute Gasteiger partial charge is 0.151 e. The zero-order chi connectivity index (χ0) is 13.8. The molecule has 1 aliphatic rings. The number of carbonyl (C=O) groups is 1. The van der Waals surface area contributed by atoms with E-state index in [1.807, 2.05) is 6.07 Å². The number of unbranched alkanes of at least 4 members (excludes halogenated alkanes) is 1. The van der Waals surface area contributed by atoms with Crippen LogP contribution in [0, 0.1) is 5.92 Å². The van der Waals surface area contributed by atoms with Crippen LogP contribution in [-0.4, -0.2) is 22.8 Å². The summed E-state index contributed by atoms with van der Waals surface area (Å²) in [6.45, 7) is 7.49. The second-order valence-corrected chi connectivity index (χ2v) is 5.91. The number of Topliss-reactive ketones (excluding diaryl/α,β-unsaturated/α-hetero) is 1. The third-order valence-electron chi connectivity index (χ3n) is 3.97. The van der Waals surface area contributed by atoms with E-state index in [0.717, 1.165) is 25.8 Å². The van der Waals surface area contributed by atoms with Gasteiger partial charge in [-0.3, -0.25) is 9.69 Å². The standard InChI is InChI=1S/C17H25NO/c1-4-5-11-15(19)17-16(13(2)3)18(17)12-14-9-7-6-8-10-14/h6-10,13,16-17H,4-5,11-12H2,1-3H3/t16-,17+,18?/m0/s1. The van der Waals surface area contributed by atoms with Gasteiger partial charge < -0.3 is 0 Å². The Morgan fingerprint density at radius 2 is 1.95 bits per heavy atom. The summed E-state index contributed by atoms with van der Waals surface area (Å²) in [5.74, 6) is 0.996. The van der Waals surface area contributed by atoms with Gasteiger partial charge in [0, 0.05) is 19.0 Å². The van der Waals surface area contributed by atoms with Gasteiger partial charge in [-0.1, -0.05) is 57.5 Å². The van der Waals surface area contributed by atoms with Crippen molar-refractivity contribution in [1.29, 1.82) is 0 Å². The first-order chi connectivity index (χ1) is 9.15. The molecule has 19 heavy (non-hydrogen) atoms. The third-order valence-corrected chi connectivity index (χ3v) is 3.97. The van der Waals surface area contributed by atoms with Gasteiger partial charge in [-0.2, -0.15) is 0 Å². The predicted octanol–water partition coefficient (Wildman–Crippen LogP) is 3.65. The van der Waals surface area contributed by atoms with Crippen molar-refractivity contribution < 1.29 is 4.79 Å². The van der Waals surface area contributed by atoms with E-state index < -0.39 is 0 Å². The average Bonchev–Trinajstić information content (AvgIpc) is 3.11. The third kappa shape index (κ3) is 3.44. The summed E-state index contributed by atoms with van der Waals surface area (Å²) in [4.78, 5) is 14.6. The van der Waals surface area contributed by atoms with E-state index in [9.17, 15) is 4.79 Å². The molecule has 0 bridgehead atoms. The van der Waals surface area contributed by atoms with Crippen LogP contribution in [0.25, 0.3) is 0 Å². The molecular weight excluding hydrogens is 234 g/mol. The average molecular weight is 259 g/mol. The molecule has 0 saturated carbocycles. The van der Waals surface area contributed by atoms with E-state index in [-0.39, 0.29) is 6.04 Å². The van der Waals surface area contributed by atoms with Gasteiger partial charge in [0.25, 0.3) is 0 Å². The molecule has 1 unspecified atom stereocenters. The van der Waals surface area contributed by atoms with Crippen molar-refractivity contribution >= 4 is 5.78 Å². The Hall–Kier alpha value is -1.15. The first kappa shape index (κ1) is 14.3. The van der Waals surface area contributed by atoms with Gasteiger partial charge in [0.1, 0.15) is 0 Å². The molecule has 0 aliphatic carbocycles. The molecule has 0 spiro atoms. The van der Waals surface area contributed by atoms with E-state index in [0.29, 0.717) is 17.7 Å². The predicted molar refractivity (Wildman–Crippen MR) is 78.9 cm³/mol. The van der Waals surface area contributed by atoms with Crippen LogP contribution in [0.1, 0.15) is 45.6 Å². The molecule has 0 amide bonds. The molecule has 2 heteroatoms. The Bertz CT molecular complexity index is 413. The Balaban J connectivity index is 1.97. The first-order valence-corrected chi connectivity index (χ1v) is 7.47. The minimum atomic E-state index is 0.173. The minimum Gasteiger partial charge on any atom is -0.298 e. The monoisotopic (exact) mass is 259 g/mol. The van der Waals surface area contributed by atoms with Crippen molar-refractivity contribution in [2.75, 3.05) is 0 Å². The van der Waals surface area contributed by atoms with Gasteiger partial charge in [0.15, 0.2) is 5.78 Å². The fourth-order valence-corrected chi connectivity index (χ4v) is 2.92. The lowest BCUT2D eigenvalue weighted by atomic mass is 10.0. The highest BCUT2D eigenvalue weighted by molar-refractivity contribution is 5.87. The molecule has 1 aliphatic heterocycles. The molecule has 0 N–H and O–H groups in total. The van der Waals surface area contributed by atoms with Crippen LogP contribution in [0.5, 0.6) is 0 Å². The van der Waals surface area contributed by atoms with Gasteiger partial charge in [-0.05, 0) is 17.9 Å². The molecule has 2 nitrogen and oxygen atoms in total.